The van der Waals surface area contributed by atoms with Crippen molar-refractivity contribution < 1.29 is 22.8 Å². The molecule has 1 aliphatic rings. The maximum Gasteiger partial charge on any atom is 0.405 e. The van der Waals surface area contributed by atoms with Crippen molar-refractivity contribution >= 4 is 23.7 Å². The number of nitrogens with zero attached hydrogens (tertiary/aromatic N) is 1. The fourth-order valence-electron chi connectivity index (χ4n) is 2.28. The number of carbonyl (C=O) groups is 2. The molecule has 0 aromatic rings. The van der Waals surface area contributed by atoms with Crippen LogP contribution in [0.15, 0.2) is 0 Å². The molecule has 0 aromatic heterocycles. The normalized spacial score (nSPS) is 21.8. The molecule has 0 radical (unpaired) electrons. The first kappa shape index (κ1) is 19.1. The van der Waals surface area contributed by atoms with Gasteiger partial charge in [-0.25, -0.2) is 4.79 Å². The number of urea groups is 1. The predicted octanol–water partition coefficient (Wildman–Crippen LogP) is 1.98. The smallest absolute Gasteiger partial charge is 0.329 e. The van der Waals surface area contributed by atoms with Crippen molar-refractivity contribution in [3.8, 4) is 0 Å². The van der Waals surface area contributed by atoms with E-state index >= 15 is 0 Å². The zero-order chi connectivity index (χ0) is 16.8. The minimum absolute atomic E-state index is 0.428. The summed E-state index contributed by atoms with van der Waals surface area (Å²) in [6, 6.07) is -1.67. The van der Waals surface area contributed by atoms with Gasteiger partial charge in [-0.1, -0.05) is 6.42 Å². The fraction of sp³-hybridized carbons (Fsp3) is 0.846. The lowest BCUT2D eigenvalue weighted by molar-refractivity contribution is -0.127. The van der Waals surface area contributed by atoms with Gasteiger partial charge in [-0.3, -0.25) is 15.0 Å². The van der Waals surface area contributed by atoms with Crippen LogP contribution in [0.25, 0.3) is 0 Å². The van der Waals surface area contributed by atoms with E-state index in [1.54, 1.807) is 24.0 Å². The number of halogens is 3. The molecular formula is C13H22F3N3O2S. The Labute approximate surface area is 132 Å². The zero-order valence-corrected chi connectivity index (χ0v) is 13.5. The molecule has 0 bridgehead atoms. The molecule has 2 atom stereocenters. The largest absolute Gasteiger partial charge is 0.405 e. The van der Waals surface area contributed by atoms with Gasteiger partial charge in [0.05, 0.1) is 6.04 Å². The van der Waals surface area contributed by atoms with Crippen molar-refractivity contribution in [2.45, 2.75) is 43.7 Å². The number of hydrogen-bond donors (Lipinski definition) is 2. The minimum atomic E-state index is -4.50. The van der Waals surface area contributed by atoms with E-state index in [2.05, 4.69) is 0 Å². The molecule has 1 aliphatic heterocycles. The second kappa shape index (κ2) is 8.61. The van der Waals surface area contributed by atoms with Crippen molar-refractivity contribution in [2.75, 3.05) is 25.9 Å². The topological polar surface area (TPSA) is 61.4 Å². The monoisotopic (exact) mass is 341 g/mol. The van der Waals surface area contributed by atoms with E-state index in [4.69, 9.17) is 0 Å². The number of rotatable bonds is 4. The lowest BCUT2D eigenvalue weighted by Crippen LogP contribution is -2.51. The second-order valence-corrected chi connectivity index (χ2v) is 6.45. The summed E-state index contributed by atoms with van der Waals surface area (Å²) < 4.78 is 36.0. The summed E-state index contributed by atoms with van der Waals surface area (Å²) >= 11 is 1.74. The Morgan fingerprint density at radius 2 is 2.05 bits per heavy atom. The standard InChI is InChI=1S/C13H22F3N3O2S/c1-9(19-6-4-3-5-10(7-19)22-2)11(20)18-12(21)17-8-13(14,15)16/h9-10H,3-8H2,1-2H3,(H2,17,18,20,21)/t9-,10-/m0/s1. The van der Waals surface area contributed by atoms with E-state index in [0.29, 0.717) is 5.25 Å². The maximum atomic E-state index is 12.0. The van der Waals surface area contributed by atoms with Crippen molar-refractivity contribution in [3.63, 3.8) is 0 Å². The molecule has 0 aliphatic carbocycles. The molecule has 3 amide bonds. The molecule has 2 N–H and O–H groups in total. The lowest BCUT2D eigenvalue weighted by atomic mass is 10.2. The van der Waals surface area contributed by atoms with Gasteiger partial charge in [-0.15, -0.1) is 0 Å². The van der Waals surface area contributed by atoms with Gasteiger partial charge in [0.2, 0.25) is 5.91 Å². The molecule has 0 saturated carbocycles. The van der Waals surface area contributed by atoms with Crippen LogP contribution in [-0.4, -0.2) is 60.2 Å². The van der Waals surface area contributed by atoms with Gasteiger partial charge in [0.25, 0.3) is 0 Å². The van der Waals surface area contributed by atoms with Crippen LogP contribution in [0, 0.1) is 0 Å². The summed E-state index contributed by atoms with van der Waals surface area (Å²) in [4.78, 5) is 25.3. The fourth-order valence-corrected chi connectivity index (χ4v) is 3.02. The summed E-state index contributed by atoms with van der Waals surface area (Å²) in [6.45, 7) is 1.68. The Morgan fingerprint density at radius 3 is 2.64 bits per heavy atom. The molecule has 22 heavy (non-hydrogen) atoms. The molecule has 128 valence electrons. The number of alkyl halides is 3. The highest BCUT2D eigenvalue weighted by Gasteiger charge is 2.29. The predicted molar refractivity (Wildman–Crippen MR) is 79.8 cm³/mol. The molecule has 1 fully saturated rings. The van der Waals surface area contributed by atoms with E-state index < -0.39 is 30.7 Å². The van der Waals surface area contributed by atoms with Crippen LogP contribution in [-0.2, 0) is 4.79 Å². The Hall–Kier alpha value is -0.960. The summed E-state index contributed by atoms with van der Waals surface area (Å²) in [5, 5.41) is 4.02. The number of hydrogen-bond acceptors (Lipinski definition) is 4. The van der Waals surface area contributed by atoms with Crippen LogP contribution in [0.4, 0.5) is 18.0 Å². The van der Waals surface area contributed by atoms with Crippen molar-refractivity contribution in [3.05, 3.63) is 0 Å². The number of thioether (sulfide) groups is 1. The average Bonchev–Trinajstić information content (AvgIpc) is 2.69. The van der Waals surface area contributed by atoms with Crippen LogP contribution >= 0.6 is 11.8 Å². The Bertz CT molecular complexity index is 393. The third kappa shape index (κ3) is 6.87. The molecule has 1 rings (SSSR count). The third-order valence-corrected chi connectivity index (χ3v) is 4.66. The molecule has 9 heteroatoms. The van der Waals surface area contributed by atoms with Crippen LogP contribution in [0.3, 0.4) is 0 Å². The van der Waals surface area contributed by atoms with Crippen LogP contribution in [0.2, 0.25) is 0 Å². The molecule has 0 spiro atoms. The highest BCUT2D eigenvalue weighted by atomic mass is 32.2. The Balaban J connectivity index is 2.47. The number of carbonyl (C=O) groups excluding carboxylic acids is 2. The summed E-state index contributed by atoms with van der Waals surface area (Å²) in [7, 11) is 0. The van der Waals surface area contributed by atoms with Crippen LogP contribution in [0.5, 0.6) is 0 Å². The lowest BCUT2D eigenvalue weighted by Gasteiger charge is -2.28. The number of likely N-dealkylation sites (tertiary alicyclic amines) is 1. The molecule has 0 unspecified atom stereocenters. The minimum Gasteiger partial charge on any atom is -0.329 e. The van der Waals surface area contributed by atoms with Gasteiger partial charge in [-0.05, 0) is 32.6 Å². The number of amides is 3. The van der Waals surface area contributed by atoms with E-state index in [-0.39, 0.29) is 0 Å². The van der Waals surface area contributed by atoms with Crippen molar-refractivity contribution in [1.29, 1.82) is 0 Å². The van der Waals surface area contributed by atoms with Crippen molar-refractivity contribution in [1.82, 2.24) is 15.5 Å². The van der Waals surface area contributed by atoms with Crippen LogP contribution < -0.4 is 10.6 Å². The zero-order valence-electron chi connectivity index (χ0n) is 12.7. The molecule has 5 nitrogen and oxygen atoms in total. The van der Waals surface area contributed by atoms with Gasteiger partial charge >= 0.3 is 12.2 Å². The van der Waals surface area contributed by atoms with Gasteiger partial charge in [0, 0.05) is 11.8 Å². The quantitative estimate of drug-likeness (QED) is 0.821. The first-order chi connectivity index (χ1) is 10.2. The van der Waals surface area contributed by atoms with Gasteiger partial charge in [-0.2, -0.15) is 24.9 Å². The first-order valence-corrected chi connectivity index (χ1v) is 8.44. The van der Waals surface area contributed by atoms with E-state index in [9.17, 15) is 22.8 Å². The maximum absolute atomic E-state index is 12.0. The highest BCUT2D eigenvalue weighted by molar-refractivity contribution is 7.99. The third-order valence-electron chi connectivity index (χ3n) is 3.61. The van der Waals surface area contributed by atoms with Crippen molar-refractivity contribution in [2.24, 2.45) is 0 Å². The number of imide groups is 1. The SMILES string of the molecule is CS[C@H]1CCCCN([C@@H](C)C(=O)NC(=O)NCC(F)(F)F)C1. The van der Waals surface area contributed by atoms with E-state index in [0.717, 1.165) is 32.4 Å². The van der Waals surface area contributed by atoms with Gasteiger partial charge < -0.3 is 5.32 Å². The van der Waals surface area contributed by atoms with Gasteiger partial charge in [0.15, 0.2) is 0 Å². The molecular weight excluding hydrogens is 319 g/mol. The van der Waals surface area contributed by atoms with Crippen LogP contribution in [0.1, 0.15) is 26.2 Å². The summed E-state index contributed by atoms with van der Waals surface area (Å²) in [5.41, 5.74) is 0. The number of nitrogens with one attached hydrogen (secondary N) is 2. The van der Waals surface area contributed by atoms with E-state index in [1.165, 1.54) is 0 Å². The first-order valence-electron chi connectivity index (χ1n) is 7.15. The summed E-state index contributed by atoms with van der Waals surface area (Å²) in [5.74, 6) is -0.582. The molecule has 1 saturated heterocycles. The molecule has 0 aromatic carbocycles. The van der Waals surface area contributed by atoms with E-state index in [1.807, 2.05) is 16.5 Å². The second-order valence-electron chi connectivity index (χ2n) is 5.31. The Morgan fingerprint density at radius 1 is 1.36 bits per heavy atom. The summed E-state index contributed by atoms with van der Waals surface area (Å²) in [6.07, 6.45) is 0.654. The Kier molecular flexibility index (Phi) is 7.47. The average molecular weight is 341 g/mol. The van der Waals surface area contributed by atoms with Gasteiger partial charge in [0.1, 0.15) is 6.54 Å². The molecule has 1 heterocycles. The highest BCUT2D eigenvalue weighted by Crippen LogP contribution is 2.21.